The molecule has 0 radical (unpaired) electrons. The van der Waals surface area contributed by atoms with Crippen molar-refractivity contribution in [2.75, 3.05) is 7.11 Å². The second-order valence-electron chi connectivity index (χ2n) is 6.19. The van der Waals surface area contributed by atoms with E-state index in [4.69, 9.17) is 27.9 Å². The number of aryl methyl sites for hydroxylation is 1. The van der Waals surface area contributed by atoms with Gasteiger partial charge in [-0.2, -0.15) is 0 Å². The average molecular weight is 437 g/mol. The van der Waals surface area contributed by atoms with E-state index in [-0.39, 0.29) is 44.0 Å². The molecule has 0 atom stereocenters. The lowest BCUT2D eigenvalue weighted by Gasteiger charge is -2.09. The second-order valence-corrected chi connectivity index (χ2v) is 6.91. The number of rotatable bonds is 3. The summed E-state index contributed by atoms with van der Waals surface area (Å²) < 4.78 is 36.6. The van der Waals surface area contributed by atoms with Crippen molar-refractivity contribution in [1.82, 2.24) is 18.9 Å². The standard InChI is InChI=1S/C19H12Cl2F2N4O2/c1-26-8-24-15(17(26)20)11-6-10(22)7-12(23)14(11)16-18(21)27-4-3-9(19(28)29-2)5-13(27)25-16/h3-8H,1-2H3. The molecule has 4 rings (SSSR count). The SMILES string of the molecule is COC(=O)c1ccn2c(Cl)c(-c3c(F)cc(F)cc3-c3ncn(C)c3Cl)nc2c1. The van der Waals surface area contributed by atoms with Crippen molar-refractivity contribution in [3.05, 3.63) is 64.3 Å². The van der Waals surface area contributed by atoms with Crippen LogP contribution in [-0.4, -0.2) is 32.0 Å². The number of halogens is 4. The Morgan fingerprint density at radius 3 is 2.55 bits per heavy atom. The maximum absolute atomic E-state index is 14.9. The molecule has 3 heterocycles. The summed E-state index contributed by atoms with van der Waals surface area (Å²) in [5.74, 6) is -2.22. The number of methoxy groups -OCH3 is 1. The van der Waals surface area contributed by atoms with Crippen LogP contribution in [0.5, 0.6) is 0 Å². The number of carbonyl (C=O) groups is 1. The minimum Gasteiger partial charge on any atom is -0.465 e. The van der Waals surface area contributed by atoms with Crippen LogP contribution in [0.15, 0.2) is 36.8 Å². The van der Waals surface area contributed by atoms with Crippen molar-refractivity contribution in [2.24, 2.45) is 7.05 Å². The first-order valence-corrected chi connectivity index (χ1v) is 9.00. The summed E-state index contributed by atoms with van der Waals surface area (Å²) in [5, 5.41) is 0.277. The van der Waals surface area contributed by atoms with Gasteiger partial charge in [0.2, 0.25) is 0 Å². The molecule has 0 saturated carbocycles. The van der Waals surface area contributed by atoms with Crippen LogP contribution in [-0.2, 0) is 11.8 Å². The van der Waals surface area contributed by atoms with Gasteiger partial charge in [0, 0.05) is 30.4 Å². The van der Waals surface area contributed by atoms with Crippen LogP contribution in [0.3, 0.4) is 0 Å². The normalized spacial score (nSPS) is 11.2. The number of hydrogen-bond acceptors (Lipinski definition) is 4. The molecule has 0 N–H and O–H groups in total. The van der Waals surface area contributed by atoms with Gasteiger partial charge in [-0.1, -0.05) is 23.2 Å². The number of aromatic nitrogens is 4. The van der Waals surface area contributed by atoms with Gasteiger partial charge >= 0.3 is 5.97 Å². The van der Waals surface area contributed by atoms with E-state index in [0.717, 1.165) is 12.1 Å². The number of ether oxygens (including phenoxy) is 1. The van der Waals surface area contributed by atoms with Gasteiger partial charge in [-0.25, -0.2) is 23.5 Å². The van der Waals surface area contributed by atoms with Crippen LogP contribution >= 0.6 is 23.2 Å². The topological polar surface area (TPSA) is 61.4 Å². The fourth-order valence-corrected chi connectivity index (χ4v) is 3.49. The number of imidazole rings is 2. The predicted molar refractivity (Wildman–Crippen MR) is 104 cm³/mol. The van der Waals surface area contributed by atoms with Gasteiger partial charge in [0.1, 0.15) is 39.0 Å². The molecular weight excluding hydrogens is 425 g/mol. The van der Waals surface area contributed by atoms with Gasteiger partial charge < -0.3 is 9.30 Å². The highest BCUT2D eigenvalue weighted by molar-refractivity contribution is 6.33. The molecule has 0 unspecified atom stereocenters. The Labute approximate surface area is 173 Å². The Balaban J connectivity index is 2.00. The van der Waals surface area contributed by atoms with Crippen LogP contribution < -0.4 is 0 Å². The largest absolute Gasteiger partial charge is 0.465 e. The van der Waals surface area contributed by atoms with E-state index in [9.17, 15) is 13.6 Å². The van der Waals surface area contributed by atoms with Crippen molar-refractivity contribution in [3.63, 3.8) is 0 Å². The minimum atomic E-state index is -0.875. The third-order valence-electron chi connectivity index (χ3n) is 4.40. The zero-order valence-corrected chi connectivity index (χ0v) is 16.6. The summed E-state index contributed by atoms with van der Waals surface area (Å²) in [6.07, 6.45) is 2.94. The van der Waals surface area contributed by atoms with Gasteiger partial charge in [0.25, 0.3) is 0 Å². The molecule has 0 aliphatic carbocycles. The lowest BCUT2D eigenvalue weighted by molar-refractivity contribution is 0.0600. The zero-order chi connectivity index (χ0) is 20.9. The van der Waals surface area contributed by atoms with E-state index in [1.165, 1.54) is 40.7 Å². The molecule has 0 aliphatic rings. The van der Waals surface area contributed by atoms with E-state index in [2.05, 4.69) is 9.97 Å². The fraction of sp³-hybridized carbons (Fsp3) is 0.105. The van der Waals surface area contributed by atoms with Crippen LogP contribution in [0.1, 0.15) is 10.4 Å². The summed E-state index contributed by atoms with van der Waals surface area (Å²) in [6.45, 7) is 0. The summed E-state index contributed by atoms with van der Waals surface area (Å²) in [6, 6.07) is 4.80. The predicted octanol–water partition coefficient (Wildman–Crippen LogP) is 4.77. The van der Waals surface area contributed by atoms with Gasteiger partial charge in [-0.3, -0.25) is 4.40 Å². The third-order valence-corrected chi connectivity index (χ3v) is 5.21. The molecule has 10 heteroatoms. The van der Waals surface area contributed by atoms with E-state index < -0.39 is 17.6 Å². The molecule has 4 aromatic rings. The molecule has 1 aromatic carbocycles. The zero-order valence-electron chi connectivity index (χ0n) is 15.1. The van der Waals surface area contributed by atoms with Crippen molar-refractivity contribution < 1.29 is 18.3 Å². The summed E-state index contributed by atoms with van der Waals surface area (Å²) in [4.78, 5) is 20.3. The highest BCUT2D eigenvalue weighted by atomic mass is 35.5. The first-order valence-electron chi connectivity index (χ1n) is 8.24. The molecule has 0 saturated heterocycles. The van der Waals surface area contributed by atoms with E-state index in [1.54, 1.807) is 7.05 Å². The lowest BCUT2D eigenvalue weighted by atomic mass is 10.0. The van der Waals surface area contributed by atoms with E-state index >= 15 is 0 Å². The lowest BCUT2D eigenvalue weighted by Crippen LogP contribution is -2.01. The molecule has 6 nitrogen and oxygen atoms in total. The number of esters is 1. The minimum absolute atomic E-state index is 0.0553. The average Bonchev–Trinajstić information content (AvgIpc) is 3.19. The summed E-state index contributed by atoms with van der Waals surface area (Å²) in [7, 11) is 2.91. The summed E-state index contributed by atoms with van der Waals surface area (Å²) >= 11 is 12.7. The van der Waals surface area contributed by atoms with Crippen molar-refractivity contribution in [3.8, 4) is 22.5 Å². The van der Waals surface area contributed by atoms with Crippen molar-refractivity contribution >= 4 is 34.8 Å². The van der Waals surface area contributed by atoms with Gasteiger partial charge in [-0.05, 0) is 18.2 Å². The monoisotopic (exact) mass is 436 g/mol. The van der Waals surface area contributed by atoms with Crippen LogP contribution in [0.4, 0.5) is 8.78 Å². The first kappa shape index (κ1) is 19.4. The fourth-order valence-electron chi connectivity index (χ4n) is 3.02. The molecule has 0 fully saturated rings. The quantitative estimate of drug-likeness (QED) is 0.433. The summed E-state index contributed by atoms with van der Waals surface area (Å²) in [5.41, 5.74) is 0.830. The Morgan fingerprint density at radius 1 is 1.14 bits per heavy atom. The first-order chi connectivity index (χ1) is 13.8. The Kier molecular flexibility index (Phi) is 4.76. The number of benzene rings is 1. The molecule has 0 amide bonds. The number of fused-ring (bicyclic) bond motifs is 1. The third kappa shape index (κ3) is 3.14. The molecule has 0 bridgehead atoms. The highest BCUT2D eigenvalue weighted by Crippen LogP contribution is 2.40. The molecule has 29 heavy (non-hydrogen) atoms. The number of carbonyl (C=O) groups excluding carboxylic acids is 1. The van der Waals surface area contributed by atoms with E-state index in [1.807, 2.05) is 0 Å². The van der Waals surface area contributed by atoms with Crippen LogP contribution in [0.2, 0.25) is 10.3 Å². The second kappa shape index (κ2) is 7.13. The number of nitrogens with zero attached hydrogens (tertiary/aromatic N) is 4. The maximum atomic E-state index is 14.9. The Hall–Kier alpha value is -2.97. The number of hydrogen-bond donors (Lipinski definition) is 0. The van der Waals surface area contributed by atoms with Gasteiger partial charge in [0.15, 0.2) is 0 Å². The van der Waals surface area contributed by atoms with Crippen LogP contribution in [0, 0.1) is 11.6 Å². The molecule has 0 spiro atoms. The smallest absolute Gasteiger partial charge is 0.338 e. The van der Waals surface area contributed by atoms with Gasteiger partial charge in [-0.15, -0.1) is 0 Å². The molecule has 0 aliphatic heterocycles. The number of pyridine rings is 1. The Bertz CT molecular complexity index is 1280. The van der Waals surface area contributed by atoms with Crippen molar-refractivity contribution in [2.45, 2.75) is 0 Å². The van der Waals surface area contributed by atoms with E-state index in [0.29, 0.717) is 0 Å². The van der Waals surface area contributed by atoms with Crippen molar-refractivity contribution in [1.29, 1.82) is 0 Å². The Morgan fingerprint density at radius 2 is 1.90 bits per heavy atom. The maximum Gasteiger partial charge on any atom is 0.338 e. The highest BCUT2D eigenvalue weighted by Gasteiger charge is 2.24. The molecular formula is C19H12Cl2F2N4O2. The van der Waals surface area contributed by atoms with Crippen LogP contribution in [0.25, 0.3) is 28.2 Å². The molecule has 3 aromatic heterocycles. The molecule has 148 valence electrons. The van der Waals surface area contributed by atoms with Gasteiger partial charge in [0.05, 0.1) is 19.0 Å².